The summed E-state index contributed by atoms with van der Waals surface area (Å²) in [6.07, 6.45) is 2.06. The summed E-state index contributed by atoms with van der Waals surface area (Å²) >= 11 is 0. The molecule has 0 heterocycles. The molecule has 106 valence electrons. The molecule has 0 aliphatic heterocycles. The van der Waals surface area contributed by atoms with Crippen molar-refractivity contribution in [1.82, 2.24) is 5.32 Å². The molecule has 1 aromatic rings. The van der Waals surface area contributed by atoms with E-state index in [4.69, 9.17) is 4.74 Å². The lowest BCUT2D eigenvalue weighted by Gasteiger charge is -2.37. The Morgan fingerprint density at radius 1 is 1.37 bits per heavy atom. The van der Waals surface area contributed by atoms with Gasteiger partial charge in [-0.25, -0.2) is 0 Å². The molecule has 0 bridgehead atoms. The van der Waals surface area contributed by atoms with Gasteiger partial charge in [0.15, 0.2) is 0 Å². The first-order valence-electron chi connectivity index (χ1n) is 7.15. The van der Waals surface area contributed by atoms with Crippen molar-refractivity contribution < 1.29 is 9.84 Å². The van der Waals surface area contributed by atoms with Gasteiger partial charge >= 0.3 is 0 Å². The number of methoxy groups -OCH3 is 1. The van der Waals surface area contributed by atoms with E-state index in [-0.39, 0.29) is 6.10 Å². The Hall–Kier alpha value is -1.06. The highest BCUT2D eigenvalue weighted by molar-refractivity contribution is 5.32. The van der Waals surface area contributed by atoms with E-state index in [1.54, 1.807) is 7.11 Å². The van der Waals surface area contributed by atoms with Crippen molar-refractivity contribution in [3.05, 3.63) is 29.8 Å². The van der Waals surface area contributed by atoms with Gasteiger partial charge in [-0.15, -0.1) is 0 Å². The van der Waals surface area contributed by atoms with E-state index in [2.05, 4.69) is 23.5 Å². The first kappa shape index (κ1) is 14.4. The Morgan fingerprint density at radius 2 is 2.11 bits per heavy atom. The predicted octanol–water partition coefficient (Wildman–Crippen LogP) is 2.55. The summed E-state index contributed by atoms with van der Waals surface area (Å²) in [5.74, 6) is 1.88. The molecule has 0 saturated heterocycles. The average Bonchev–Trinajstić information content (AvgIpc) is 2.36. The van der Waals surface area contributed by atoms with Gasteiger partial charge in [0, 0.05) is 12.6 Å². The fourth-order valence-corrected chi connectivity index (χ4v) is 2.48. The first-order chi connectivity index (χ1) is 9.10. The van der Waals surface area contributed by atoms with E-state index in [9.17, 15) is 5.11 Å². The number of aliphatic hydroxyl groups is 1. The molecule has 2 N–H and O–H groups in total. The normalized spacial score (nSPS) is 24.1. The van der Waals surface area contributed by atoms with Crippen LogP contribution in [0.15, 0.2) is 24.3 Å². The topological polar surface area (TPSA) is 41.5 Å². The summed E-state index contributed by atoms with van der Waals surface area (Å²) in [7, 11) is 1.71. The molecule has 2 rings (SSSR count). The number of hydrogen-bond donors (Lipinski definition) is 2. The fraction of sp³-hybridized carbons (Fsp3) is 0.625. The van der Waals surface area contributed by atoms with Gasteiger partial charge in [0.1, 0.15) is 5.75 Å². The molecule has 3 nitrogen and oxygen atoms in total. The quantitative estimate of drug-likeness (QED) is 0.829. The van der Waals surface area contributed by atoms with E-state index in [1.807, 2.05) is 19.9 Å². The summed E-state index contributed by atoms with van der Waals surface area (Å²) in [4.78, 5) is 0. The standard InChI is InChI=1S/C16H25NO2/c1-11(2)16(18)10-17-14-7-13(8-14)12-5-4-6-15(9-12)19-3/h4-6,9,11,13-14,16-18H,7-8,10H2,1-3H3. The van der Waals surface area contributed by atoms with Crippen molar-refractivity contribution in [2.45, 2.75) is 44.8 Å². The van der Waals surface area contributed by atoms with Crippen LogP contribution in [-0.4, -0.2) is 30.9 Å². The van der Waals surface area contributed by atoms with Gasteiger partial charge in [-0.05, 0) is 42.4 Å². The maximum Gasteiger partial charge on any atom is 0.119 e. The second kappa shape index (κ2) is 6.40. The van der Waals surface area contributed by atoms with Crippen LogP contribution in [0.5, 0.6) is 5.75 Å². The van der Waals surface area contributed by atoms with Gasteiger partial charge in [0.2, 0.25) is 0 Å². The Balaban J connectivity index is 1.76. The van der Waals surface area contributed by atoms with Crippen LogP contribution in [0.2, 0.25) is 0 Å². The third kappa shape index (κ3) is 3.71. The van der Waals surface area contributed by atoms with Crippen molar-refractivity contribution in [3.63, 3.8) is 0 Å². The third-order valence-electron chi connectivity index (χ3n) is 4.09. The molecular formula is C16H25NO2. The van der Waals surface area contributed by atoms with Gasteiger partial charge in [-0.3, -0.25) is 0 Å². The molecule has 19 heavy (non-hydrogen) atoms. The highest BCUT2D eigenvalue weighted by Gasteiger charge is 2.30. The summed E-state index contributed by atoms with van der Waals surface area (Å²) in [5.41, 5.74) is 1.36. The van der Waals surface area contributed by atoms with Gasteiger partial charge in [0.25, 0.3) is 0 Å². The van der Waals surface area contributed by atoms with Gasteiger partial charge in [-0.2, -0.15) is 0 Å². The summed E-state index contributed by atoms with van der Waals surface area (Å²) < 4.78 is 5.26. The molecule has 1 aliphatic carbocycles. The van der Waals surface area contributed by atoms with Crippen molar-refractivity contribution in [1.29, 1.82) is 0 Å². The zero-order chi connectivity index (χ0) is 13.8. The Labute approximate surface area is 116 Å². The van der Waals surface area contributed by atoms with E-state index < -0.39 is 0 Å². The number of aliphatic hydroxyl groups excluding tert-OH is 1. The number of nitrogens with one attached hydrogen (secondary N) is 1. The number of ether oxygens (including phenoxy) is 1. The monoisotopic (exact) mass is 263 g/mol. The molecule has 1 saturated carbocycles. The van der Waals surface area contributed by atoms with E-state index in [0.717, 1.165) is 18.6 Å². The summed E-state index contributed by atoms with van der Waals surface area (Å²) in [6, 6.07) is 8.88. The van der Waals surface area contributed by atoms with E-state index >= 15 is 0 Å². The van der Waals surface area contributed by atoms with Crippen LogP contribution in [0, 0.1) is 5.92 Å². The first-order valence-corrected chi connectivity index (χ1v) is 7.15. The molecule has 1 unspecified atom stereocenters. The maximum absolute atomic E-state index is 9.77. The van der Waals surface area contributed by atoms with Gasteiger partial charge in [0.05, 0.1) is 13.2 Å². The Bertz CT molecular complexity index is 399. The zero-order valence-electron chi connectivity index (χ0n) is 12.1. The van der Waals surface area contributed by atoms with Crippen LogP contribution < -0.4 is 10.1 Å². The minimum absolute atomic E-state index is 0.240. The second-order valence-electron chi connectivity index (χ2n) is 5.86. The fourth-order valence-electron chi connectivity index (χ4n) is 2.48. The molecular weight excluding hydrogens is 238 g/mol. The summed E-state index contributed by atoms with van der Waals surface area (Å²) in [6.45, 7) is 4.80. The molecule has 3 heteroatoms. The molecule has 1 atom stereocenters. The molecule has 0 spiro atoms. The third-order valence-corrected chi connectivity index (χ3v) is 4.09. The average molecular weight is 263 g/mol. The van der Waals surface area contributed by atoms with Crippen LogP contribution in [0.25, 0.3) is 0 Å². The molecule has 0 radical (unpaired) electrons. The van der Waals surface area contributed by atoms with Gasteiger partial charge in [-0.1, -0.05) is 26.0 Å². The van der Waals surface area contributed by atoms with Crippen LogP contribution in [0.4, 0.5) is 0 Å². The highest BCUT2D eigenvalue weighted by atomic mass is 16.5. The molecule has 0 aromatic heterocycles. The minimum Gasteiger partial charge on any atom is -0.497 e. The smallest absolute Gasteiger partial charge is 0.119 e. The maximum atomic E-state index is 9.77. The Morgan fingerprint density at radius 3 is 2.74 bits per heavy atom. The second-order valence-corrected chi connectivity index (χ2v) is 5.86. The summed E-state index contributed by atoms with van der Waals surface area (Å²) in [5, 5.41) is 13.2. The van der Waals surface area contributed by atoms with Crippen molar-refractivity contribution >= 4 is 0 Å². The number of benzene rings is 1. The SMILES string of the molecule is COc1cccc(C2CC(NCC(O)C(C)C)C2)c1. The lowest BCUT2D eigenvalue weighted by molar-refractivity contribution is 0.112. The van der Waals surface area contributed by atoms with Crippen LogP contribution in [0.3, 0.4) is 0 Å². The zero-order valence-corrected chi connectivity index (χ0v) is 12.1. The van der Waals surface area contributed by atoms with Crippen molar-refractivity contribution in [2.24, 2.45) is 5.92 Å². The van der Waals surface area contributed by atoms with Crippen LogP contribution >= 0.6 is 0 Å². The Kier molecular flexibility index (Phi) is 4.83. The van der Waals surface area contributed by atoms with E-state index in [0.29, 0.717) is 24.4 Å². The van der Waals surface area contributed by atoms with Gasteiger partial charge < -0.3 is 15.2 Å². The molecule has 0 amide bonds. The number of rotatable bonds is 6. The largest absolute Gasteiger partial charge is 0.497 e. The predicted molar refractivity (Wildman–Crippen MR) is 77.6 cm³/mol. The minimum atomic E-state index is -0.240. The molecule has 1 aliphatic rings. The van der Waals surface area contributed by atoms with Crippen molar-refractivity contribution in [3.8, 4) is 5.75 Å². The molecule has 1 fully saturated rings. The number of hydrogen-bond acceptors (Lipinski definition) is 3. The lowest BCUT2D eigenvalue weighted by atomic mass is 9.76. The molecule has 1 aromatic carbocycles. The van der Waals surface area contributed by atoms with E-state index in [1.165, 1.54) is 5.56 Å². The van der Waals surface area contributed by atoms with Crippen molar-refractivity contribution in [2.75, 3.05) is 13.7 Å². The highest BCUT2D eigenvalue weighted by Crippen LogP contribution is 2.37. The lowest BCUT2D eigenvalue weighted by Crippen LogP contribution is -2.44. The van der Waals surface area contributed by atoms with Crippen LogP contribution in [-0.2, 0) is 0 Å². The van der Waals surface area contributed by atoms with Crippen LogP contribution in [0.1, 0.15) is 38.2 Å².